The van der Waals surface area contributed by atoms with Gasteiger partial charge in [0, 0.05) is 0 Å². The highest BCUT2D eigenvalue weighted by Crippen LogP contribution is 2.25. The van der Waals surface area contributed by atoms with Crippen LogP contribution in [0.3, 0.4) is 0 Å². The van der Waals surface area contributed by atoms with E-state index in [1.807, 2.05) is 57.9 Å². The lowest BCUT2D eigenvalue weighted by Gasteiger charge is -2.26. The molecule has 0 unspecified atom stereocenters. The lowest BCUT2D eigenvalue weighted by atomic mass is 10.2. The molecule has 0 aliphatic rings. The minimum absolute atomic E-state index is 0.508. The predicted molar refractivity (Wildman–Crippen MR) is 79.8 cm³/mol. The van der Waals surface area contributed by atoms with E-state index >= 15 is 0 Å². The van der Waals surface area contributed by atoms with Crippen LogP contribution in [-0.4, -0.2) is 30.0 Å². The molecule has 0 aliphatic heterocycles. The molecule has 0 aliphatic carbocycles. The highest BCUT2D eigenvalue weighted by atomic mass is 15.6. The third kappa shape index (κ3) is 1.65. The Kier molecular flexibility index (Phi) is 2.35. The second-order valence-electron chi connectivity index (χ2n) is 5.47. The van der Waals surface area contributed by atoms with E-state index in [1.165, 1.54) is 0 Å². The van der Waals surface area contributed by atoms with Gasteiger partial charge < -0.3 is 0 Å². The minimum atomic E-state index is -0.508. The molecular formula is C15H14N6. The molecule has 21 heavy (non-hydrogen) atoms. The van der Waals surface area contributed by atoms with Gasteiger partial charge in [0.2, 0.25) is 0 Å². The topological polar surface area (TPSA) is 61.4 Å². The van der Waals surface area contributed by atoms with E-state index in [9.17, 15) is 0 Å². The summed E-state index contributed by atoms with van der Waals surface area (Å²) in [5, 5.41) is 17.1. The molecule has 0 radical (unpaired) electrons. The van der Waals surface area contributed by atoms with E-state index in [4.69, 9.17) is 0 Å². The molecule has 6 nitrogen and oxygen atoms in total. The standard InChI is InChI=1S/C15H14N6/c1-15(2,20-13-9-5-3-7-11(13)16-18-20)21-14-10-6-4-8-12(14)17-19-21/h3-10H,1-2H3. The second-order valence-corrected chi connectivity index (χ2v) is 5.47. The molecule has 0 fully saturated rings. The third-order valence-corrected chi connectivity index (χ3v) is 3.74. The van der Waals surface area contributed by atoms with E-state index < -0.39 is 5.66 Å². The van der Waals surface area contributed by atoms with Crippen LogP contribution in [0, 0.1) is 0 Å². The first-order valence-electron chi connectivity index (χ1n) is 6.80. The van der Waals surface area contributed by atoms with Gasteiger partial charge in [0.15, 0.2) is 5.66 Å². The largest absolute Gasteiger partial charge is 0.218 e. The first kappa shape index (κ1) is 12.0. The molecule has 0 saturated carbocycles. The fourth-order valence-electron chi connectivity index (χ4n) is 2.64. The summed E-state index contributed by atoms with van der Waals surface area (Å²) in [5.41, 5.74) is 3.18. The summed E-state index contributed by atoms with van der Waals surface area (Å²) in [7, 11) is 0. The molecule has 6 heteroatoms. The number of nitrogens with zero attached hydrogens (tertiary/aromatic N) is 6. The lowest BCUT2D eigenvalue weighted by molar-refractivity contribution is 0.242. The van der Waals surface area contributed by atoms with Crippen molar-refractivity contribution >= 4 is 22.1 Å². The number of benzene rings is 2. The van der Waals surface area contributed by atoms with Crippen LogP contribution >= 0.6 is 0 Å². The van der Waals surface area contributed by atoms with Crippen LogP contribution in [0.15, 0.2) is 48.5 Å². The minimum Gasteiger partial charge on any atom is -0.218 e. The molecule has 2 aromatic carbocycles. The van der Waals surface area contributed by atoms with E-state index in [1.54, 1.807) is 0 Å². The Labute approximate surface area is 121 Å². The third-order valence-electron chi connectivity index (χ3n) is 3.74. The summed E-state index contributed by atoms with van der Waals surface area (Å²) >= 11 is 0. The number of hydrogen-bond acceptors (Lipinski definition) is 4. The van der Waals surface area contributed by atoms with Crippen LogP contribution in [0.2, 0.25) is 0 Å². The number of aromatic nitrogens is 6. The van der Waals surface area contributed by atoms with Crippen molar-refractivity contribution < 1.29 is 0 Å². The zero-order chi connectivity index (χ0) is 14.4. The number of hydrogen-bond donors (Lipinski definition) is 0. The van der Waals surface area contributed by atoms with Crippen molar-refractivity contribution in [3.8, 4) is 0 Å². The highest BCUT2D eigenvalue weighted by molar-refractivity contribution is 5.76. The summed E-state index contributed by atoms with van der Waals surface area (Å²) in [4.78, 5) is 0. The van der Waals surface area contributed by atoms with Crippen molar-refractivity contribution in [1.29, 1.82) is 0 Å². The van der Waals surface area contributed by atoms with E-state index in [2.05, 4.69) is 34.5 Å². The van der Waals surface area contributed by atoms with Gasteiger partial charge in [-0.15, -0.1) is 10.2 Å². The van der Waals surface area contributed by atoms with Crippen molar-refractivity contribution in [1.82, 2.24) is 30.0 Å². The Morgan fingerprint density at radius 1 is 0.714 bits per heavy atom. The molecule has 0 atom stereocenters. The number of para-hydroxylation sites is 2. The molecule has 2 heterocycles. The van der Waals surface area contributed by atoms with Crippen LogP contribution in [-0.2, 0) is 5.66 Å². The summed E-state index contributed by atoms with van der Waals surface area (Å²) in [6, 6.07) is 15.8. The SMILES string of the molecule is CC(C)(n1nnc2ccccc21)n1nnc2ccccc21. The Hall–Kier alpha value is -2.76. The van der Waals surface area contributed by atoms with Gasteiger partial charge >= 0.3 is 0 Å². The first-order valence-corrected chi connectivity index (χ1v) is 6.80. The van der Waals surface area contributed by atoms with Crippen LogP contribution in [0.4, 0.5) is 0 Å². The molecule has 2 aromatic heterocycles. The van der Waals surface area contributed by atoms with Crippen LogP contribution in [0.1, 0.15) is 13.8 Å². The van der Waals surface area contributed by atoms with Crippen molar-refractivity contribution in [2.24, 2.45) is 0 Å². The predicted octanol–water partition coefficient (Wildman–Crippen LogP) is 2.42. The van der Waals surface area contributed by atoms with Gasteiger partial charge in [0.25, 0.3) is 0 Å². The molecule has 4 aromatic rings. The van der Waals surface area contributed by atoms with Gasteiger partial charge in [-0.25, -0.2) is 9.36 Å². The summed E-state index contributed by atoms with van der Waals surface area (Å²) < 4.78 is 3.76. The molecular weight excluding hydrogens is 264 g/mol. The van der Waals surface area contributed by atoms with Crippen molar-refractivity contribution in [2.45, 2.75) is 19.5 Å². The zero-order valence-corrected chi connectivity index (χ0v) is 11.8. The van der Waals surface area contributed by atoms with Gasteiger partial charge in [-0.05, 0) is 38.1 Å². The Bertz CT molecular complexity index is 857. The summed E-state index contributed by atoms with van der Waals surface area (Å²) in [5.74, 6) is 0. The smallest absolute Gasteiger partial charge is 0.153 e. The quantitative estimate of drug-likeness (QED) is 0.565. The van der Waals surface area contributed by atoms with Gasteiger partial charge in [-0.3, -0.25) is 0 Å². The van der Waals surface area contributed by atoms with Gasteiger partial charge in [-0.1, -0.05) is 34.7 Å². The van der Waals surface area contributed by atoms with Crippen molar-refractivity contribution in [3.63, 3.8) is 0 Å². The van der Waals surface area contributed by atoms with E-state index in [0.717, 1.165) is 22.1 Å². The summed E-state index contributed by atoms with van der Waals surface area (Å²) in [6.45, 7) is 4.10. The van der Waals surface area contributed by atoms with Gasteiger partial charge in [-0.2, -0.15) is 0 Å². The Balaban J connectivity index is 1.97. The highest BCUT2D eigenvalue weighted by Gasteiger charge is 2.28. The van der Waals surface area contributed by atoms with E-state index in [0.29, 0.717) is 0 Å². The molecule has 0 amide bonds. The fraction of sp³-hybridized carbons (Fsp3) is 0.200. The average Bonchev–Trinajstić information content (AvgIpc) is 3.12. The Morgan fingerprint density at radius 3 is 1.62 bits per heavy atom. The van der Waals surface area contributed by atoms with Crippen molar-refractivity contribution in [3.05, 3.63) is 48.5 Å². The molecule has 0 spiro atoms. The number of fused-ring (bicyclic) bond motifs is 2. The Morgan fingerprint density at radius 2 is 1.14 bits per heavy atom. The fourth-order valence-corrected chi connectivity index (χ4v) is 2.64. The van der Waals surface area contributed by atoms with Crippen molar-refractivity contribution in [2.75, 3.05) is 0 Å². The molecule has 104 valence electrons. The van der Waals surface area contributed by atoms with E-state index in [-0.39, 0.29) is 0 Å². The lowest BCUT2D eigenvalue weighted by Crippen LogP contribution is -2.36. The molecule has 4 rings (SSSR count). The summed E-state index contributed by atoms with van der Waals surface area (Å²) in [6.07, 6.45) is 0. The number of rotatable bonds is 2. The maximum atomic E-state index is 4.31. The first-order chi connectivity index (χ1) is 10.2. The van der Waals surface area contributed by atoms with Crippen LogP contribution in [0.25, 0.3) is 22.1 Å². The average molecular weight is 278 g/mol. The molecule has 0 N–H and O–H groups in total. The monoisotopic (exact) mass is 278 g/mol. The normalized spacial score (nSPS) is 12.3. The maximum Gasteiger partial charge on any atom is 0.153 e. The van der Waals surface area contributed by atoms with Gasteiger partial charge in [0.1, 0.15) is 11.0 Å². The van der Waals surface area contributed by atoms with Crippen LogP contribution < -0.4 is 0 Å². The van der Waals surface area contributed by atoms with Gasteiger partial charge in [0.05, 0.1) is 11.0 Å². The van der Waals surface area contributed by atoms with Crippen LogP contribution in [0.5, 0.6) is 0 Å². The molecule has 0 saturated heterocycles. The maximum absolute atomic E-state index is 4.31. The second kappa shape index (κ2) is 4.12. The zero-order valence-electron chi connectivity index (χ0n) is 11.8. The molecule has 0 bridgehead atoms.